The Labute approximate surface area is 53.5 Å². The van der Waals surface area contributed by atoms with Gasteiger partial charge in [-0.25, -0.2) is 0 Å². The summed E-state index contributed by atoms with van der Waals surface area (Å²) < 4.78 is 0. The summed E-state index contributed by atoms with van der Waals surface area (Å²) in [6.07, 6.45) is 1.09. The molecule has 0 spiro atoms. The Kier molecular flexibility index (Phi) is 1.78. The van der Waals surface area contributed by atoms with E-state index in [1.807, 2.05) is 11.8 Å². The second-order valence-corrected chi connectivity index (χ2v) is 3.33. The zero-order chi connectivity index (χ0) is 5.98. The molecule has 1 rings (SSSR count). The van der Waals surface area contributed by atoms with Gasteiger partial charge in [-0.05, 0) is 19.1 Å². The number of nitrogens with two attached hydrogens (primary N) is 1. The third-order valence-electron chi connectivity index (χ3n) is 1.36. The minimum absolute atomic E-state index is 0.569. The second kappa shape index (κ2) is 2.40. The van der Waals surface area contributed by atoms with E-state index >= 15 is 0 Å². The first kappa shape index (κ1) is 5.95. The van der Waals surface area contributed by atoms with Gasteiger partial charge in [-0.2, -0.15) is 16.9 Å². The Morgan fingerprint density at radius 3 is 2.88 bits per heavy atom. The molecule has 1 unspecified atom stereocenters. The summed E-state index contributed by atoms with van der Waals surface area (Å²) in [4.78, 5) is 0. The lowest BCUT2D eigenvalue weighted by molar-refractivity contribution is 1.15. The van der Waals surface area contributed by atoms with Crippen molar-refractivity contribution in [2.24, 2.45) is 10.9 Å². The van der Waals surface area contributed by atoms with E-state index in [9.17, 15) is 0 Å². The average Bonchev–Trinajstić information content (AvgIpc) is 2.14. The van der Waals surface area contributed by atoms with E-state index in [4.69, 9.17) is 5.84 Å². The van der Waals surface area contributed by atoms with Gasteiger partial charge in [0, 0.05) is 5.25 Å². The normalized spacial score (nSPS) is 34.1. The summed E-state index contributed by atoms with van der Waals surface area (Å²) in [5, 5.41) is 4.23. The fourth-order valence-electron chi connectivity index (χ4n) is 0.809. The fourth-order valence-corrected chi connectivity index (χ4v) is 1.86. The van der Waals surface area contributed by atoms with Gasteiger partial charge in [-0.1, -0.05) is 0 Å². The van der Waals surface area contributed by atoms with Crippen LogP contribution in [0.5, 0.6) is 0 Å². The van der Waals surface area contributed by atoms with Crippen LogP contribution >= 0.6 is 11.8 Å². The monoisotopic (exact) mass is 130 g/mol. The molecule has 1 heterocycles. The largest absolute Gasteiger partial charge is 0.323 e. The molecule has 8 heavy (non-hydrogen) atoms. The molecule has 1 fully saturated rings. The predicted molar refractivity (Wildman–Crippen MR) is 38.2 cm³/mol. The zero-order valence-corrected chi connectivity index (χ0v) is 5.74. The van der Waals surface area contributed by atoms with Gasteiger partial charge in [0.1, 0.15) is 0 Å². The maximum Gasteiger partial charge on any atom is 0.0511 e. The summed E-state index contributed by atoms with van der Waals surface area (Å²) in [5.74, 6) is 6.29. The highest BCUT2D eigenvalue weighted by atomic mass is 32.2. The minimum Gasteiger partial charge on any atom is -0.323 e. The number of hydrogen-bond donors (Lipinski definition) is 1. The van der Waals surface area contributed by atoms with Crippen LogP contribution in [0.2, 0.25) is 0 Å². The van der Waals surface area contributed by atoms with Gasteiger partial charge >= 0.3 is 0 Å². The molecule has 1 saturated heterocycles. The molecular formula is C5H10N2S. The number of thioether (sulfide) groups is 1. The SMILES string of the molecule is CC1SCCC1=NN. The molecule has 2 nitrogen and oxygen atoms in total. The molecule has 46 valence electrons. The lowest BCUT2D eigenvalue weighted by Crippen LogP contribution is -2.07. The molecular weight excluding hydrogens is 120 g/mol. The van der Waals surface area contributed by atoms with E-state index in [2.05, 4.69) is 12.0 Å². The topological polar surface area (TPSA) is 38.4 Å². The van der Waals surface area contributed by atoms with Crippen LogP contribution in [-0.2, 0) is 0 Å². The minimum atomic E-state index is 0.569. The number of nitrogens with zero attached hydrogens (tertiary/aromatic N) is 1. The van der Waals surface area contributed by atoms with Crippen molar-refractivity contribution in [1.82, 2.24) is 0 Å². The van der Waals surface area contributed by atoms with Gasteiger partial charge < -0.3 is 5.84 Å². The lowest BCUT2D eigenvalue weighted by atomic mass is 10.2. The van der Waals surface area contributed by atoms with Crippen molar-refractivity contribution in [2.45, 2.75) is 18.6 Å². The van der Waals surface area contributed by atoms with E-state index in [1.165, 1.54) is 5.75 Å². The van der Waals surface area contributed by atoms with Crippen LogP contribution in [0.1, 0.15) is 13.3 Å². The van der Waals surface area contributed by atoms with E-state index in [-0.39, 0.29) is 0 Å². The average molecular weight is 130 g/mol. The lowest BCUT2D eigenvalue weighted by Gasteiger charge is -1.97. The number of hydrogen-bond acceptors (Lipinski definition) is 3. The molecule has 0 bridgehead atoms. The van der Waals surface area contributed by atoms with Gasteiger partial charge in [0.05, 0.1) is 5.71 Å². The second-order valence-electron chi connectivity index (χ2n) is 1.88. The maximum atomic E-state index is 5.10. The molecule has 1 atom stereocenters. The van der Waals surface area contributed by atoms with E-state index < -0.39 is 0 Å². The van der Waals surface area contributed by atoms with Crippen molar-refractivity contribution in [3.63, 3.8) is 0 Å². The van der Waals surface area contributed by atoms with Gasteiger partial charge in [0.25, 0.3) is 0 Å². The molecule has 0 amide bonds. The first-order chi connectivity index (χ1) is 3.84. The van der Waals surface area contributed by atoms with E-state index in [0.29, 0.717) is 5.25 Å². The molecule has 0 radical (unpaired) electrons. The van der Waals surface area contributed by atoms with Crippen LogP contribution in [-0.4, -0.2) is 16.7 Å². The van der Waals surface area contributed by atoms with Crippen molar-refractivity contribution in [1.29, 1.82) is 0 Å². The Morgan fingerprint density at radius 1 is 1.88 bits per heavy atom. The molecule has 0 aromatic carbocycles. The standard InChI is InChI=1S/C5H10N2S/c1-4-5(7-6)2-3-8-4/h4H,2-3,6H2,1H3. The zero-order valence-electron chi connectivity index (χ0n) is 4.92. The first-order valence-corrected chi connectivity index (χ1v) is 3.77. The molecule has 3 heteroatoms. The fraction of sp³-hybridized carbons (Fsp3) is 0.800. The molecule has 0 saturated carbocycles. The molecule has 1 aliphatic rings. The van der Waals surface area contributed by atoms with Gasteiger partial charge in [0.2, 0.25) is 0 Å². The van der Waals surface area contributed by atoms with Crippen LogP contribution in [0.15, 0.2) is 5.10 Å². The molecule has 0 aromatic rings. The summed E-state index contributed by atoms with van der Waals surface area (Å²) >= 11 is 1.92. The molecule has 0 aromatic heterocycles. The molecule has 2 N–H and O–H groups in total. The highest BCUT2D eigenvalue weighted by Gasteiger charge is 2.17. The third-order valence-corrected chi connectivity index (χ3v) is 2.57. The summed E-state index contributed by atoms with van der Waals surface area (Å²) in [7, 11) is 0. The first-order valence-electron chi connectivity index (χ1n) is 2.73. The van der Waals surface area contributed by atoms with Gasteiger partial charge in [0.15, 0.2) is 0 Å². The van der Waals surface area contributed by atoms with Crippen molar-refractivity contribution in [3.05, 3.63) is 0 Å². The Hall–Kier alpha value is -0.180. The highest BCUT2D eigenvalue weighted by molar-refractivity contribution is 8.01. The Balaban J connectivity index is 2.55. The Bertz CT molecular complexity index is 111. The number of hydrazone groups is 1. The van der Waals surface area contributed by atoms with Gasteiger partial charge in [-0.3, -0.25) is 0 Å². The quantitative estimate of drug-likeness (QED) is 0.389. The smallest absolute Gasteiger partial charge is 0.0511 e. The predicted octanol–water partition coefficient (Wildman–Crippen LogP) is 0.827. The van der Waals surface area contributed by atoms with Crippen LogP contribution < -0.4 is 5.84 Å². The van der Waals surface area contributed by atoms with Crippen molar-refractivity contribution < 1.29 is 0 Å². The van der Waals surface area contributed by atoms with Crippen LogP contribution in [0.25, 0.3) is 0 Å². The summed E-state index contributed by atoms with van der Waals surface area (Å²) in [6, 6.07) is 0. The van der Waals surface area contributed by atoms with Gasteiger partial charge in [-0.15, -0.1) is 0 Å². The van der Waals surface area contributed by atoms with Crippen molar-refractivity contribution in [3.8, 4) is 0 Å². The van der Waals surface area contributed by atoms with E-state index in [1.54, 1.807) is 0 Å². The van der Waals surface area contributed by atoms with E-state index in [0.717, 1.165) is 12.1 Å². The molecule has 0 aliphatic carbocycles. The number of rotatable bonds is 0. The van der Waals surface area contributed by atoms with Crippen LogP contribution in [0.4, 0.5) is 0 Å². The maximum absolute atomic E-state index is 5.10. The van der Waals surface area contributed by atoms with Crippen molar-refractivity contribution in [2.75, 3.05) is 5.75 Å². The summed E-state index contributed by atoms with van der Waals surface area (Å²) in [5.41, 5.74) is 1.16. The highest BCUT2D eigenvalue weighted by Crippen LogP contribution is 2.22. The van der Waals surface area contributed by atoms with Crippen molar-refractivity contribution >= 4 is 17.5 Å². The van der Waals surface area contributed by atoms with Crippen LogP contribution in [0, 0.1) is 0 Å². The van der Waals surface area contributed by atoms with Crippen LogP contribution in [0.3, 0.4) is 0 Å². The summed E-state index contributed by atoms with van der Waals surface area (Å²) in [6.45, 7) is 2.14. The molecule has 1 aliphatic heterocycles. The Morgan fingerprint density at radius 2 is 2.62 bits per heavy atom. The third kappa shape index (κ3) is 0.968.